The molecule has 6 aromatic carbocycles. The molecule has 8 rings (SSSR count). The van der Waals surface area contributed by atoms with E-state index >= 15 is 0 Å². The van der Waals surface area contributed by atoms with Crippen molar-refractivity contribution in [2.24, 2.45) is 0 Å². The van der Waals surface area contributed by atoms with Gasteiger partial charge in [0.15, 0.2) is 0 Å². The van der Waals surface area contributed by atoms with Crippen LogP contribution in [0.3, 0.4) is 0 Å². The van der Waals surface area contributed by atoms with E-state index < -0.39 is 8.07 Å². The van der Waals surface area contributed by atoms with E-state index in [1.54, 1.807) is 0 Å². The topological polar surface area (TPSA) is 31.6 Å². The Morgan fingerprint density at radius 3 is 0.894 bits per heavy atom. The van der Waals surface area contributed by atoms with E-state index in [-0.39, 0.29) is 0 Å². The van der Waals surface area contributed by atoms with Crippen molar-refractivity contribution in [3.05, 3.63) is 194 Å². The molecule has 0 bridgehead atoms. The van der Waals surface area contributed by atoms with Crippen LogP contribution in [-0.4, -0.2) is 18.0 Å². The highest BCUT2D eigenvalue weighted by molar-refractivity contribution is 7.20. The minimum Gasteiger partial charge on any atom is -0.366 e. The molecule has 3 heteroatoms. The van der Waals surface area contributed by atoms with Crippen molar-refractivity contribution in [3.63, 3.8) is 0 Å². The van der Waals surface area contributed by atoms with Gasteiger partial charge in [0.2, 0.25) is 8.07 Å². The molecule has 0 unspecified atom stereocenters. The van der Waals surface area contributed by atoms with Gasteiger partial charge in [-0.1, -0.05) is 182 Å². The molecule has 0 atom stereocenters. The summed E-state index contributed by atoms with van der Waals surface area (Å²) in [6.07, 6.45) is 4.45. The van der Waals surface area contributed by atoms with E-state index in [0.29, 0.717) is 0 Å². The molecule has 47 heavy (non-hydrogen) atoms. The predicted molar refractivity (Wildman–Crippen MR) is 201 cm³/mol. The lowest BCUT2D eigenvalue weighted by Crippen LogP contribution is -2.76. The van der Waals surface area contributed by atoms with Gasteiger partial charge in [-0.2, -0.15) is 0 Å². The zero-order chi connectivity index (χ0) is 31.5. The van der Waals surface area contributed by atoms with Crippen molar-refractivity contribution in [2.45, 2.75) is 0 Å². The SMILES string of the molecule is c1ccc(-c2c[nH]c([Si](c3ccccc3)(c3ccccc3)c3[nH]cc(-c4ccccc4)c3-c3ccccc3)c2-c2ccccc2)cc1. The summed E-state index contributed by atoms with van der Waals surface area (Å²) in [5.74, 6) is 0. The van der Waals surface area contributed by atoms with E-state index in [1.807, 2.05) is 0 Å². The maximum Gasteiger partial charge on any atom is 0.218 e. The van der Waals surface area contributed by atoms with E-state index in [9.17, 15) is 0 Å². The largest absolute Gasteiger partial charge is 0.366 e. The van der Waals surface area contributed by atoms with Gasteiger partial charge in [0, 0.05) is 45.3 Å². The Labute approximate surface area is 277 Å². The zero-order valence-corrected chi connectivity index (χ0v) is 27.0. The molecule has 0 amide bonds. The number of benzene rings is 6. The van der Waals surface area contributed by atoms with E-state index in [1.165, 1.54) is 65.5 Å². The maximum absolute atomic E-state index is 3.98. The first-order valence-electron chi connectivity index (χ1n) is 16.1. The molecule has 0 aliphatic rings. The van der Waals surface area contributed by atoms with Crippen LogP contribution < -0.4 is 21.0 Å². The molecule has 2 heterocycles. The van der Waals surface area contributed by atoms with E-state index in [2.05, 4.69) is 204 Å². The summed E-state index contributed by atoms with van der Waals surface area (Å²) in [6, 6.07) is 65.6. The Bertz CT molecular complexity index is 2040. The fourth-order valence-corrected chi connectivity index (χ4v) is 12.2. The standard InChI is InChI=1S/C44H34N2Si/c1-7-19-33(20-8-1)39-31-45-43(41(39)35-23-11-3-12-24-35)47(37-27-15-5-16-28-37,38-29-17-6-18-30-38)44-42(36-25-13-4-14-26-36)40(32-46-44)34-21-9-2-10-22-34/h1-32,45-46H. The van der Waals surface area contributed by atoms with Gasteiger partial charge in [0.25, 0.3) is 0 Å². The van der Waals surface area contributed by atoms with Crippen LogP contribution in [0.2, 0.25) is 0 Å². The smallest absolute Gasteiger partial charge is 0.218 e. The van der Waals surface area contributed by atoms with Crippen molar-refractivity contribution >= 4 is 29.1 Å². The Morgan fingerprint density at radius 2 is 0.574 bits per heavy atom. The summed E-state index contributed by atoms with van der Waals surface area (Å²) < 4.78 is 0. The molecule has 8 aromatic rings. The molecular weight excluding hydrogens is 585 g/mol. The Balaban J connectivity index is 1.56. The average molecular weight is 619 g/mol. The van der Waals surface area contributed by atoms with Gasteiger partial charge in [0.1, 0.15) is 0 Å². The molecule has 2 nitrogen and oxygen atoms in total. The van der Waals surface area contributed by atoms with Gasteiger partial charge in [-0.25, -0.2) is 0 Å². The van der Waals surface area contributed by atoms with Crippen LogP contribution >= 0.6 is 0 Å². The van der Waals surface area contributed by atoms with Crippen molar-refractivity contribution in [3.8, 4) is 44.5 Å². The quantitative estimate of drug-likeness (QED) is 0.160. The number of hydrogen-bond donors (Lipinski definition) is 2. The normalized spacial score (nSPS) is 11.4. The van der Waals surface area contributed by atoms with Crippen LogP contribution in [0.5, 0.6) is 0 Å². The first-order valence-corrected chi connectivity index (χ1v) is 18.1. The first kappa shape index (κ1) is 28.6. The number of hydrogen-bond acceptors (Lipinski definition) is 0. The zero-order valence-electron chi connectivity index (χ0n) is 26.0. The summed E-state index contributed by atoms with van der Waals surface area (Å²) in [5.41, 5.74) is 9.66. The lowest BCUT2D eigenvalue weighted by atomic mass is 9.99. The highest BCUT2D eigenvalue weighted by atomic mass is 28.3. The Hall–Kier alpha value is -5.90. The van der Waals surface area contributed by atoms with Gasteiger partial charge >= 0.3 is 0 Å². The molecule has 0 aliphatic heterocycles. The van der Waals surface area contributed by atoms with Gasteiger partial charge in [-0.15, -0.1) is 0 Å². The summed E-state index contributed by atoms with van der Waals surface area (Å²) in [6.45, 7) is 0. The summed E-state index contributed by atoms with van der Waals surface area (Å²) in [5, 5.41) is 5.11. The number of aromatic nitrogens is 2. The minimum atomic E-state index is -3.09. The van der Waals surface area contributed by atoms with Crippen molar-refractivity contribution in [1.82, 2.24) is 9.97 Å². The Morgan fingerprint density at radius 1 is 0.298 bits per heavy atom. The van der Waals surface area contributed by atoms with Crippen molar-refractivity contribution < 1.29 is 0 Å². The molecule has 2 aromatic heterocycles. The van der Waals surface area contributed by atoms with Gasteiger partial charge in [-0.3, -0.25) is 0 Å². The molecule has 0 radical (unpaired) electrons. The number of aromatic amines is 2. The molecule has 0 spiro atoms. The molecular formula is C44H34N2Si. The summed E-state index contributed by atoms with van der Waals surface area (Å²) >= 11 is 0. The van der Waals surface area contributed by atoms with Crippen LogP contribution in [0.15, 0.2) is 194 Å². The third kappa shape index (κ3) is 4.98. The Kier molecular flexibility index (Phi) is 7.58. The minimum absolute atomic E-state index is 1.19. The first-order chi connectivity index (χ1) is 23.4. The highest BCUT2D eigenvalue weighted by Crippen LogP contribution is 2.36. The fraction of sp³-hybridized carbons (Fsp3) is 0. The second-order valence-corrected chi connectivity index (χ2v) is 15.5. The number of rotatable bonds is 8. The lowest BCUT2D eigenvalue weighted by Gasteiger charge is -2.34. The van der Waals surface area contributed by atoms with Crippen LogP contribution in [0, 0.1) is 0 Å². The van der Waals surface area contributed by atoms with Crippen molar-refractivity contribution in [1.29, 1.82) is 0 Å². The van der Waals surface area contributed by atoms with Crippen LogP contribution in [0.1, 0.15) is 0 Å². The van der Waals surface area contributed by atoms with Crippen molar-refractivity contribution in [2.75, 3.05) is 0 Å². The number of nitrogens with one attached hydrogen (secondary N) is 2. The lowest BCUT2D eigenvalue weighted by molar-refractivity contribution is 1.42. The highest BCUT2D eigenvalue weighted by Gasteiger charge is 2.48. The average Bonchev–Trinajstić information content (AvgIpc) is 3.81. The van der Waals surface area contributed by atoms with Gasteiger partial charge in [-0.05, 0) is 32.6 Å². The van der Waals surface area contributed by atoms with Crippen LogP contribution in [0.4, 0.5) is 0 Å². The molecule has 0 fully saturated rings. The third-order valence-electron chi connectivity index (χ3n) is 9.22. The maximum atomic E-state index is 3.98. The fourth-order valence-electron chi connectivity index (χ4n) is 7.18. The summed E-state index contributed by atoms with van der Waals surface area (Å²) in [7, 11) is -3.09. The van der Waals surface area contributed by atoms with E-state index in [4.69, 9.17) is 0 Å². The molecule has 0 saturated heterocycles. The second kappa shape index (κ2) is 12.5. The molecule has 0 saturated carbocycles. The van der Waals surface area contributed by atoms with Gasteiger partial charge < -0.3 is 9.97 Å². The van der Waals surface area contributed by atoms with E-state index in [0.717, 1.165) is 0 Å². The third-order valence-corrected chi connectivity index (χ3v) is 13.9. The van der Waals surface area contributed by atoms with Gasteiger partial charge in [0.05, 0.1) is 0 Å². The number of H-pyrrole nitrogens is 2. The summed E-state index contributed by atoms with van der Waals surface area (Å²) in [4.78, 5) is 7.95. The predicted octanol–water partition coefficient (Wildman–Crippen LogP) is 8.39. The molecule has 0 aliphatic carbocycles. The second-order valence-electron chi connectivity index (χ2n) is 11.9. The molecule has 224 valence electrons. The monoisotopic (exact) mass is 618 g/mol. The van der Waals surface area contributed by atoms with Crippen LogP contribution in [-0.2, 0) is 0 Å². The van der Waals surface area contributed by atoms with Crippen LogP contribution in [0.25, 0.3) is 44.5 Å². The molecule has 2 N–H and O–H groups in total.